The van der Waals surface area contributed by atoms with E-state index in [4.69, 9.17) is 69.6 Å². The van der Waals surface area contributed by atoms with Crippen molar-refractivity contribution >= 4 is 74.8 Å². The van der Waals surface area contributed by atoms with E-state index in [-0.39, 0.29) is 5.17 Å². The Morgan fingerprint density at radius 3 is 1.88 bits per heavy atom. The van der Waals surface area contributed by atoms with Crippen molar-refractivity contribution < 1.29 is 0 Å². The van der Waals surface area contributed by atoms with Gasteiger partial charge in [-0.05, 0) is 0 Å². The number of halogens is 6. The second-order valence-corrected chi connectivity index (χ2v) is 6.73. The Morgan fingerprint density at radius 2 is 1.44 bits per heavy atom. The Hall–Kier alpha value is 0.630. The first-order valence-electron chi connectivity index (χ1n) is 3.99. The average molecular weight is 340 g/mol. The van der Waals surface area contributed by atoms with Gasteiger partial charge in [0.15, 0.2) is 5.17 Å². The van der Waals surface area contributed by atoms with Crippen molar-refractivity contribution in [3.05, 3.63) is 35.9 Å². The van der Waals surface area contributed by atoms with E-state index in [1.165, 1.54) is 0 Å². The summed E-state index contributed by atoms with van der Waals surface area (Å²) >= 11 is 34.2. The van der Waals surface area contributed by atoms with Gasteiger partial charge in [0.2, 0.25) is 8.25 Å². The van der Waals surface area contributed by atoms with Gasteiger partial charge in [0.05, 0.1) is 0 Å². The summed E-state index contributed by atoms with van der Waals surface area (Å²) < 4.78 is -3.42. The Morgan fingerprint density at radius 1 is 0.938 bits per heavy atom. The van der Waals surface area contributed by atoms with Crippen LogP contribution in [-0.2, 0) is 4.46 Å². The van der Waals surface area contributed by atoms with Crippen LogP contribution < -0.4 is 0 Å². The van der Waals surface area contributed by atoms with Gasteiger partial charge in [0.1, 0.15) is 0 Å². The smallest absolute Gasteiger partial charge is 0.230 e. The summed E-state index contributed by atoms with van der Waals surface area (Å²) in [5.74, 6) is 0. The first-order chi connectivity index (χ1) is 7.23. The molecule has 0 unspecified atom stereocenters. The monoisotopic (exact) mass is 337 g/mol. The van der Waals surface area contributed by atoms with E-state index in [1.807, 2.05) is 6.07 Å². The second kappa shape index (κ2) is 5.51. The third-order valence-electron chi connectivity index (χ3n) is 1.59. The van der Waals surface area contributed by atoms with Crippen LogP contribution in [0.25, 0.3) is 0 Å². The van der Waals surface area contributed by atoms with Crippen molar-refractivity contribution in [2.75, 3.05) is 0 Å². The fraction of sp³-hybridized carbons (Fsp3) is 0.222. The molecule has 0 aliphatic rings. The van der Waals surface area contributed by atoms with Crippen LogP contribution in [0, 0.1) is 0 Å². The van der Waals surface area contributed by atoms with Crippen LogP contribution in [0.1, 0.15) is 5.56 Å². The Kier molecular flexibility index (Phi) is 5.06. The third-order valence-corrected chi connectivity index (χ3v) is 3.39. The molecule has 1 aromatic rings. The molecule has 0 atom stereocenters. The minimum Gasteiger partial charge on any atom is -0.230 e. The van der Waals surface area contributed by atoms with E-state index in [9.17, 15) is 0 Å². The summed E-state index contributed by atoms with van der Waals surface area (Å²) in [5, 5.41) is -0.300. The molecule has 1 nitrogen and oxygen atoms in total. The Labute approximate surface area is 123 Å². The van der Waals surface area contributed by atoms with Gasteiger partial charge in [-0.3, -0.25) is 0 Å². The Bertz CT molecular complexity index is 381. The maximum absolute atomic E-state index is 5.98. The van der Waals surface area contributed by atoms with Crippen LogP contribution in [0.4, 0.5) is 0 Å². The predicted octanol–water partition coefficient (Wildman–Crippen LogP) is 5.28. The van der Waals surface area contributed by atoms with E-state index >= 15 is 0 Å². The van der Waals surface area contributed by atoms with Crippen LogP contribution in [0.5, 0.6) is 0 Å². The van der Waals surface area contributed by atoms with Gasteiger partial charge in [0.25, 0.3) is 0 Å². The van der Waals surface area contributed by atoms with Crippen LogP contribution in [-0.4, -0.2) is 8.96 Å². The molecule has 0 heterocycles. The largest absolute Gasteiger partial charge is 0.243 e. The van der Waals surface area contributed by atoms with Gasteiger partial charge >= 0.3 is 0 Å². The molecule has 0 aliphatic heterocycles. The summed E-state index contributed by atoms with van der Waals surface area (Å²) in [6.07, 6.45) is 0. The predicted molar refractivity (Wildman–Crippen MR) is 73.4 cm³/mol. The lowest BCUT2D eigenvalue weighted by Gasteiger charge is -2.17. The first-order valence-corrected chi connectivity index (χ1v) is 6.26. The summed E-state index contributed by atoms with van der Waals surface area (Å²) in [7, 11) is 0. The number of hydrogen-bond donors (Lipinski definition) is 0. The highest BCUT2D eigenvalue weighted by Crippen LogP contribution is 2.39. The van der Waals surface area contributed by atoms with Crippen molar-refractivity contribution in [3.63, 3.8) is 0 Å². The second-order valence-electron chi connectivity index (χ2n) is 2.81. The molecule has 0 bridgehead atoms. The zero-order chi connectivity index (χ0) is 12.4. The summed E-state index contributed by atoms with van der Waals surface area (Å²) in [6.45, 7) is 0. The number of hydrogen-bond acceptors (Lipinski definition) is 1. The number of rotatable bonds is 2. The van der Waals surface area contributed by atoms with E-state index in [0.29, 0.717) is 5.56 Å². The van der Waals surface area contributed by atoms with Crippen LogP contribution in [0.2, 0.25) is 0 Å². The van der Waals surface area contributed by atoms with E-state index in [2.05, 4.69) is 4.99 Å². The van der Waals surface area contributed by atoms with Gasteiger partial charge in [-0.2, -0.15) is 0 Å². The molecule has 0 saturated carbocycles. The molecular weight excluding hydrogens is 335 g/mol. The zero-order valence-corrected chi connectivity index (χ0v) is 12.1. The first kappa shape index (κ1) is 14.7. The summed E-state index contributed by atoms with van der Waals surface area (Å²) in [6, 6.07) is 8.70. The molecular formula is C9H5Cl6N. The molecule has 88 valence electrons. The number of aliphatic imine (C=N–C) groups is 1. The Balaban J connectivity index is 3.05. The van der Waals surface area contributed by atoms with Crippen LogP contribution in [0.15, 0.2) is 35.3 Å². The lowest BCUT2D eigenvalue weighted by Crippen LogP contribution is -2.18. The minimum absolute atomic E-state index is 0.300. The summed E-state index contributed by atoms with van der Waals surface area (Å²) in [4.78, 5) is 3.77. The molecule has 0 aliphatic carbocycles. The molecule has 0 fully saturated rings. The highest BCUT2D eigenvalue weighted by molar-refractivity contribution is 6.89. The van der Waals surface area contributed by atoms with Gasteiger partial charge in [-0.1, -0.05) is 99.9 Å². The standard InChI is InChI=1S/C9H5Cl6N/c10-7(8(11,12)13)16-9(14,15)6-4-2-1-3-5-6/h1-5H/b16-7-. The molecule has 1 aromatic carbocycles. The highest BCUT2D eigenvalue weighted by atomic mass is 35.6. The van der Waals surface area contributed by atoms with Gasteiger partial charge in [0, 0.05) is 5.56 Å². The zero-order valence-electron chi connectivity index (χ0n) is 7.60. The van der Waals surface area contributed by atoms with E-state index in [1.54, 1.807) is 24.3 Å². The quantitative estimate of drug-likeness (QED) is 0.395. The van der Waals surface area contributed by atoms with Crippen molar-refractivity contribution in [2.45, 2.75) is 8.25 Å². The lowest BCUT2D eigenvalue weighted by molar-refractivity contribution is 0.918. The normalized spacial score (nSPS) is 14.0. The molecule has 0 saturated heterocycles. The molecule has 7 heteroatoms. The van der Waals surface area contributed by atoms with Crippen molar-refractivity contribution in [1.82, 2.24) is 0 Å². The number of nitrogens with zero attached hydrogens (tertiary/aromatic N) is 1. The summed E-state index contributed by atoms with van der Waals surface area (Å²) in [5.41, 5.74) is 0.533. The van der Waals surface area contributed by atoms with Gasteiger partial charge in [-0.15, -0.1) is 0 Å². The number of alkyl halides is 5. The van der Waals surface area contributed by atoms with E-state index < -0.39 is 8.25 Å². The number of benzene rings is 1. The minimum atomic E-state index is -1.84. The molecule has 0 N–H and O–H groups in total. The van der Waals surface area contributed by atoms with Crippen molar-refractivity contribution in [1.29, 1.82) is 0 Å². The molecule has 0 radical (unpaired) electrons. The van der Waals surface area contributed by atoms with Gasteiger partial charge in [-0.25, -0.2) is 4.99 Å². The third kappa shape index (κ3) is 4.14. The maximum atomic E-state index is 5.98. The molecule has 0 spiro atoms. The highest BCUT2D eigenvalue weighted by Gasteiger charge is 2.32. The van der Waals surface area contributed by atoms with Crippen molar-refractivity contribution in [2.24, 2.45) is 4.99 Å². The van der Waals surface area contributed by atoms with Crippen LogP contribution in [0.3, 0.4) is 0 Å². The average Bonchev–Trinajstić information content (AvgIpc) is 2.17. The van der Waals surface area contributed by atoms with Gasteiger partial charge < -0.3 is 0 Å². The van der Waals surface area contributed by atoms with Crippen molar-refractivity contribution in [3.8, 4) is 0 Å². The molecule has 1 rings (SSSR count). The van der Waals surface area contributed by atoms with E-state index in [0.717, 1.165) is 0 Å². The molecule has 0 amide bonds. The fourth-order valence-corrected chi connectivity index (χ4v) is 1.65. The molecule has 0 aromatic heterocycles. The maximum Gasteiger partial charge on any atom is 0.243 e. The SMILES string of the molecule is Cl/C(=N\C(Cl)(Cl)c1ccccc1)C(Cl)(Cl)Cl. The lowest BCUT2D eigenvalue weighted by atomic mass is 10.2. The fourth-order valence-electron chi connectivity index (χ4n) is 0.890. The van der Waals surface area contributed by atoms with Crippen LogP contribution >= 0.6 is 69.6 Å². The topological polar surface area (TPSA) is 12.4 Å². The molecule has 16 heavy (non-hydrogen) atoms.